The normalized spacial score (nSPS) is 28.2. The highest BCUT2D eigenvalue weighted by molar-refractivity contribution is 5.31. The van der Waals surface area contributed by atoms with Gasteiger partial charge in [0.1, 0.15) is 0 Å². The van der Waals surface area contributed by atoms with Gasteiger partial charge in [-0.3, -0.25) is 0 Å². The average molecular weight is 162 g/mol. The summed E-state index contributed by atoms with van der Waals surface area (Å²) in [7, 11) is 0. The molecule has 0 saturated carbocycles. The fourth-order valence-corrected chi connectivity index (χ4v) is 1.88. The minimum absolute atomic E-state index is 0.478. The van der Waals surface area contributed by atoms with Crippen molar-refractivity contribution in [3.8, 4) is 0 Å². The van der Waals surface area contributed by atoms with E-state index in [0.717, 1.165) is 19.3 Å². The maximum Gasteiger partial charge on any atom is 0.0663 e. The summed E-state index contributed by atoms with van der Waals surface area (Å²) in [6.07, 6.45) is 2.72. The minimum Gasteiger partial charge on any atom is -0.390 e. The first-order chi connectivity index (χ1) is 5.67. The summed E-state index contributed by atoms with van der Waals surface area (Å²) in [5.41, 5.74) is 2.24. The fraction of sp³-hybridized carbons (Fsp3) is 0.455. The smallest absolute Gasteiger partial charge is 0.0663 e. The van der Waals surface area contributed by atoms with Crippen LogP contribution in [-0.2, 0) is 12.8 Å². The summed E-state index contributed by atoms with van der Waals surface area (Å²) in [5, 5.41) is 9.82. The minimum atomic E-state index is -0.478. The van der Waals surface area contributed by atoms with Gasteiger partial charge in [0, 0.05) is 6.42 Å². The Hall–Kier alpha value is -0.820. The zero-order valence-corrected chi connectivity index (χ0v) is 7.38. The Kier molecular flexibility index (Phi) is 1.69. The van der Waals surface area contributed by atoms with Gasteiger partial charge in [-0.05, 0) is 30.9 Å². The van der Waals surface area contributed by atoms with Crippen LogP contribution >= 0.6 is 0 Å². The molecule has 0 radical (unpaired) electrons. The molecule has 0 fully saturated rings. The number of rotatable bonds is 0. The Bertz CT molecular complexity index is 289. The highest BCUT2D eigenvalue weighted by atomic mass is 16.3. The Morgan fingerprint density at radius 3 is 2.67 bits per heavy atom. The lowest BCUT2D eigenvalue weighted by atomic mass is 9.82. The Balaban J connectivity index is 2.35. The number of benzene rings is 1. The van der Waals surface area contributed by atoms with Gasteiger partial charge < -0.3 is 5.11 Å². The van der Waals surface area contributed by atoms with Gasteiger partial charge in [0.2, 0.25) is 0 Å². The van der Waals surface area contributed by atoms with Gasteiger partial charge in [-0.1, -0.05) is 24.3 Å². The van der Waals surface area contributed by atoms with Gasteiger partial charge in [-0.25, -0.2) is 0 Å². The second kappa shape index (κ2) is 2.60. The second-order valence-corrected chi connectivity index (χ2v) is 3.94. The van der Waals surface area contributed by atoms with Crippen LogP contribution in [0.4, 0.5) is 0 Å². The quantitative estimate of drug-likeness (QED) is 0.618. The highest BCUT2D eigenvalue weighted by Gasteiger charge is 2.26. The lowest BCUT2D eigenvalue weighted by Gasteiger charge is -2.29. The first-order valence-corrected chi connectivity index (χ1v) is 4.47. The van der Waals surface area contributed by atoms with E-state index in [1.807, 2.05) is 13.0 Å². The fourth-order valence-electron chi connectivity index (χ4n) is 1.88. The molecule has 12 heavy (non-hydrogen) atoms. The van der Waals surface area contributed by atoms with Crippen LogP contribution in [0.1, 0.15) is 24.5 Å². The number of aryl methyl sites for hydroxylation is 1. The molecule has 0 bridgehead atoms. The lowest BCUT2D eigenvalue weighted by molar-refractivity contribution is 0.0459. The van der Waals surface area contributed by atoms with Crippen molar-refractivity contribution < 1.29 is 5.11 Å². The second-order valence-electron chi connectivity index (χ2n) is 3.94. The van der Waals surface area contributed by atoms with Crippen molar-refractivity contribution in [3.63, 3.8) is 0 Å². The summed E-state index contributed by atoms with van der Waals surface area (Å²) in [5.74, 6) is 0. The van der Waals surface area contributed by atoms with Gasteiger partial charge in [0.15, 0.2) is 0 Å². The summed E-state index contributed by atoms with van der Waals surface area (Å²) in [4.78, 5) is 0. The van der Waals surface area contributed by atoms with Gasteiger partial charge in [0.05, 0.1) is 5.60 Å². The van der Waals surface area contributed by atoms with Gasteiger partial charge in [-0.15, -0.1) is 0 Å². The molecular weight excluding hydrogens is 148 g/mol. The van der Waals surface area contributed by atoms with Crippen molar-refractivity contribution in [2.75, 3.05) is 0 Å². The van der Waals surface area contributed by atoms with E-state index in [2.05, 4.69) is 18.2 Å². The number of hydrogen-bond acceptors (Lipinski definition) is 1. The Labute approximate surface area is 73.0 Å². The zero-order chi connectivity index (χ0) is 8.60. The number of hydrogen-bond donors (Lipinski definition) is 1. The maximum atomic E-state index is 9.82. The van der Waals surface area contributed by atoms with E-state index in [1.54, 1.807) is 0 Å². The number of aliphatic hydroxyl groups is 1. The topological polar surface area (TPSA) is 20.2 Å². The van der Waals surface area contributed by atoms with E-state index >= 15 is 0 Å². The largest absolute Gasteiger partial charge is 0.390 e. The zero-order valence-electron chi connectivity index (χ0n) is 7.38. The van der Waals surface area contributed by atoms with Crippen molar-refractivity contribution in [1.29, 1.82) is 0 Å². The van der Waals surface area contributed by atoms with Crippen LogP contribution in [0.2, 0.25) is 0 Å². The van der Waals surface area contributed by atoms with Crippen LogP contribution in [0, 0.1) is 0 Å². The molecule has 1 aliphatic rings. The molecule has 0 spiro atoms. The molecule has 0 heterocycles. The molecular formula is C11H14O. The van der Waals surface area contributed by atoms with Crippen LogP contribution in [0.15, 0.2) is 24.3 Å². The van der Waals surface area contributed by atoms with Crippen molar-refractivity contribution in [1.82, 2.24) is 0 Å². The van der Waals surface area contributed by atoms with Crippen LogP contribution < -0.4 is 0 Å². The van der Waals surface area contributed by atoms with E-state index in [0.29, 0.717) is 0 Å². The predicted octanol–water partition coefficient (Wildman–Crippen LogP) is 1.93. The van der Waals surface area contributed by atoms with E-state index in [9.17, 15) is 5.11 Å². The summed E-state index contributed by atoms with van der Waals surface area (Å²) < 4.78 is 0. The van der Waals surface area contributed by atoms with E-state index in [1.165, 1.54) is 11.1 Å². The third-order valence-electron chi connectivity index (χ3n) is 2.62. The van der Waals surface area contributed by atoms with Crippen molar-refractivity contribution in [2.45, 2.75) is 31.8 Å². The van der Waals surface area contributed by atoms with Gasteiger partial charge in [0.25, 0.3) is 0 Å². The molecule has 2 rings (SSSR count). The molecule has 1 N–H and O–H groups in total. The van der Waals surface area contributed by atoms with Crippen LogP contribution in [-0.4, -0.2) is 10.7 Å². The van der Waals surface area contributed by atoms with Crippen LogP contribution in [0.5, 0.6) is 0 Å². The Morgan fingerprint density at radius 2 is 1.92 bits per heavy atom. The third kappa shape index (κ3) is 1.37. The van der Waals surface area contributed by atoms with E-state index in [-0.39, 0.29) is 0 Å². The maximum absolute atomic E-state index is 9.82. The molecule has 0 saturated heterocycles. The summed E-state index contributed by atoms with van der Waals surface area (Å²) >= 11 is 0. The molecule has 1 aliphatic carbocycles. The van der Waals surface area contributed by atoms with E-state index in [4.69, 9.17) is 0 Å². The molecule has 0 amide bonds. The lowest BCUT2D eigenvalue weighted by Crippen LogP contribution is -2.31. The van der Waals surface area contributed by atoms with Crippen molar-refractivity contribution in [2.24, 2.45) is 0 Å². The summed E-state index contributed by atoms with van der Waals surface area (Å²) in [6, 6.07) is 8.38. The first kappa shape index (κ1) is 7.81. The molecule has 1 aromatic rings. The van der Waals surface area contributed by atoms with E-state index < -0.39 is 5.60 Å². The molecule has 1 atom stereocenters. The Morgan fingerprint density at radius 1 is 1.25 bits per heavy atom. The molecule has 1 nitrogen and oxygen atoms in total. The van der Waals surface area contributed by atoms with Crippen molar-refractivity contribution in [3.05, 3.63) is 35.4 Å². The third-order valence-corrected chi connectivity index (χ3v) is 2.62. The van der Waals surface area contributed by atoms with Crippen LogP contribution in [0.3, 0.4) is 0 Å². The van der Waals surface area contributed by atoms with Crippen LogP contribution in [0.25, 0.3) is 0 Å². The monoisotopic (exact) mass is 162 g/mol. The molecule has 1 heteroatoms. The van der Waals surface area contributed by atoms with Crippen molar-refractivity contribution >= 4 is 0 Å². The highest BCUT2D eigenvalue weighted by Crippen LogP contribution is 2.27. The summed E-state index contributed by atoms with van der Waals surface area (Å²) in [6.45, 7) is 1.92. The predicted molar refractivity (Wildman–Crippen MR) is 49.1 cm³/mol. The average Bonchev–Trinajstić information content (AvgIpc) is 2.02. The molecule has 1 aromatic carbocycles. The molecule has 0 aromatic heterocycles. The molecule has 64 valence electrons. The van der Waals surface area contributed by atoms with Gasteiger partial charge in [-0.2, -0.15) is 0 Å². The SMILES string of the molecule is C[C@@]1(O)CCc2ccccc2C1. The first-order valence-electron chi connectivity index (χ1n) is 4.47. The molecule has 0 unspecified atom stereocenters. The molecule has 0 aliphatic heterocycles. The number of fused-ring (bicyclic) bond motifs is 1. The standard InChI is InChI=1S/C11H14O/c1-11(12)7-6-9-4-2-3-5-10(9)8-11/h2-5,12H,6-8H2,1H3/t11-/m1/s1. The van der Waals surface area contributed by atoms with Gasteiger partial charge >= 0.3 is 0 Å².